The molecule has 32 heavy (non-hydrogen) atoms. The number of likely N-dealkylation sites (N-methyl/N-ethyl adjacent to an activating group) is 1. The third kappa shape index (κ3) is 6.18. The van der Waals surface area contributed by atoms with E-state index in [0.717, 1.165) is 6.42 Å². The molecular formula is C21H27F4N3O4. The highest BCUT2D eigenvalue weighted by atomic mass is 19.4. The zero-order chi connectivity index (χ0) is 24.3. The van der Waals surface area contributed by atoms with Crippen molar-refractivity contribution >= 4 is 23.5 Å². The fourth-order valence-electron chi connectivity index (χ4n) is 3.83. The van der Waals surface area contributed by atoms with Gasteiger partial charge in [0, 0.05) is 31.7 Å². The van der Waals surface area contributed by atoms with Crippen molar-refractivity contribution in [3.05, 3.63) is 30.1 Å². The Morgan fingerprint density at radius 3 is 2.38 bits per heavy atom. The van der Waals surface area contributed by atoms with Crippen LogP contribution >= 0.6 is 0 Å². The van der Waals surface area contributed by atoms with E-state index in [1.807, 2.05) is 25.8 Å². The standard InChI is InChI=1S/C19H26FN3O2.C2HF3O2/c1-14(2)9-17(24)22-8-7-19(12-22)13-23(18(25)11-21(19)3)16-6-4-5-15(20)10-16;3-2(4,5)1(6)7/h4-6,10,14H,7-9,11-13H2,1-3H3;(H,6,7). The number of anilines is 1. The van der Waals surface area contributed by atoms with E-state index in [0.29, 0.717) is 37.7 Å². The maximum atomic E-state index is 13.6. The van der Waals surface area contributed by atoms with E-state index >= 15 is 0 Å². The van der Waals surface area contributed by atoms with Gasteiger partial charge < -0.3 is 14.9 Å². The van der Waals surface area contributed by atoms with Crippen molar-refractivity contribution in [2.24, 2.45) is 5.92 Å². The van der Waals surface area contributed by atoms with Crippen molar-refractivity contribution in [1.82, 2.24) is 9.80 Å². The van der Waals surface area contributed by atoms with Gasteiger partial charge in [0.05, 0.1) is 12.1 Å². The van der Waals surface area contributed by atoms with Crippen LogP contribution in [0.15, 0.2) is 24.3 Å². The van der Waals surface area contributed by atoms with Crippen molar-refractivity contribution in [2.45, 2.75) is 38.4 Å². The number of likely N-dealkylation sites (tertiary alicyclic amines) is 1. The molecule has 1 aromatic carbocycles. The number of amides is 2. The monoisotopic (exact) mass is 461 g/mol. The van der Waals surface area contributed by atoms with Gasteiger partial charge in [-0.2, -0.15) is 13.2 Å². The fraction of sp³-hybridized carbons (Fsp3) is 0.571. The molecule has 3 rings (SSSR count). The second kappa shape index (κ2) is 9.85. The van der Waals surface area contributed by atoms with Crippen molar-refractivity contribution in [1.29, 1.82) is 0 Å². The van der Waals surface area contributed by atoms with E-state index in [4.69, 9.17) is 9.90 Å². The van der Waals surface area contributed by atoms with Crippen molar-refractivity contribution in [3.8, 4) is 0 Å². The minimum atomic E-state index is -5.08. The molecule has 7 nitrogen and oxygen atoms in total. The van der Waals surface area contributed by atoms with Crippen molar-refractivity contribution in [2.75, 3.05) is 38.1 Å². The minimum Gasteiger partial charge on any atom is -0.475 e. The normalized spacial score (nSPS) is 21.7. The van der Waals surface area contributed by atoms with Crippen molar-refractivity contribution < 1.29 is 37.1 Å². The lowest BCUT2D eigenvalue weighted by Crippen LogP contribution is -2.64. The Balaban J connectivity index is 0.000000451. The molecule has 0 saturated carbocycles. The molecule has 0 bridgehead atoms. The van der Waals surface area contributed by atoms with E-state index < -0.39 is 12.1 Å². The molecule has 0 aromatic heterocycles. The number of nitrogens with zero attached hydrogens (tertiary/aromatic N) is 3. The van der Waals surface area contributed by atoms with Gasteiger partial charge in [-0.15, -0.1) is 0 Å². The van der Waals surface area contributed by atoms with E-state index in [-0.39, 0.29) is 29.7 Å². The van der Waals surface area contributed by atoms with Crippen LogP contribution < -0.4 is 4.90 Å². The van der Waals surface area contributed by atoms with Crippen LogP contribution in [0.5, 0.6) is 0 Å². The van der Waals surface area contributed by atoms with Crippen LogP contribution in [0.3, 0.4) is 0 Å². The van der Waals surface area contributed by atoms with Crippen LogP contribution in [0.25, 0.3) is 0 Å². The summed E-state index contributed by atoms with van der Waals surface area (Å²) in [6.07, 6.45) is -3.71. The quantitative estimate of drug-likeness (QED) is 0.701. The molecule has 0 aliphatic carbocycles. The lowest BCUT2D eigenvalue weighted by atomic mass is 9.92. The van der Waals surface area contributed by atoms with Crippen LogP contribution in [-0.2, 0) is 14.4 Å². The average molecular weight is 461 g/mol. The summed E-state index contributed by atoms with van der Waals surface area (Å²) in [4.78, 5) is 39.5. The summed E-state index contributed by atoms with van der Waals surface area (Å²) in [6, 6.07) is 6.15. The summed E-state index contributed by atoms with van der Waals surface area (Å²) in [5, 5.41) is 7.12. The smallest absolute Gasteiger partial charge is 0.475 e. The lowest BCUT2D eigenvalue weighted by molar-refractivity contribution is -0.192. The van der Waals surface area contributed by atoms with E-state index in [2.05, 4.69) is 4.90 Å². The largest absolute Gasteiger partial charge is 0.490 e. The second-order valence-electron chi connectivity index (χ2n) is 8.51. The maximum Gasteiger partial charge on any atom is 0.490 e. The van der Waals surface area contributed by atoms with Crippen LogP contribution in [-0.4, -0.2) is 77.6 Å². The van der Waals surface area contributed by atoms with Gasteiger partial charge in [-0.05, 0) is 37.6 Å². The highest BCUT2D eigenvalue weighted by Gasteiger charge is 2.48. The number of alkyl halides is 3. The van der Waals surface area contributed by atoms with Gasteiger partial charge in [0.25, 0.3) is 0 Å². The number of carbonyl (C=O) groups excluding carboxylic acids is 2. The molecule has 2 fully saturated rings. The highest BCUT2D eigenvalue weighted by molar-refractivity contribution is 5.96. The molecule has 178 valence electrons. The van der Waals surface area contributed by atoms with Crippen LogP contribution in [0.2, 0.25) is 0 Å². The highest BCUT2D eigenvalue weighted by Crippen LogP contribution is 2.34. The second-order valence-corrected chi connectivity index (χ2v) is 8.51. The predicted molar refractivity (Wildman–Crippen MR) is 108 cm³/mol. The number of piperazine rings is 1. The summed E-state index contributed by atoms with van der Waals surface area (Å²) in [6.45, 7) is 6.18. The Morgan fingerprint density at radius 1 is 1.22 bits per heavy atom. The first kappa shape index (κ1) is 25.6. The van der Waals surface area contributed by atoms with Crippen LogP contribution in [0.4, 0.5) is 23.2 Å². The van der Waals surface area contributed by atoms with Gasteiger partial charge in [-0.1, -0.05) is 19.9 Å². The Bertz CT molecular complexity index is 862. The van der Waals surface area contributed by atoms with Gasteiger partial charge in [0.15, 0.2) is 0 Å². The number of carboxylic acids is 1. The Hall–Kier alpha value is -2.69. The molecule has 0 radical (unpaired) electrons. The SMILES string of the molecule is CC(C)CC(=O)N1CCC2(C1)CN(c1cccc(F)c1)C(=O)CN2C.O=C(O)C(F)(F)F. The molecule has 2 heterocycles. The number of halogens is 4. The molecule has 1 unspecified atom stereocenters. The zero-order valence-electron chi connectivity index (χ0n) is 18.2. The Morgan fingerprint density at radius 2 is 1.84 bits per heavy atom. The third-order valence-electron chi connectivity index (χ3n) is 5.57. The fourth-order valence-corrected chi connectivity index (χ4v) is 3.83. The molecule has 11 heteroatoms. The number of carboxylic acid groups (broad SMARTS) is 1. The number of benzene rings is 1. The third-order valence-corrected chi connectivity index (χ3v) is 5.57. The first-order valence-electron chi connectivity index (χ1n) is 10.1. The summed E-state index contributed by atoms with van der Waals surface area (Å²) in [7, 11) is 1.94. The summed E-state index contributed by atoms with van der Waals surface area (Å²) in [5.74, 6) is -2.63. The number of hydrogen-bond donors (Lipinski definition) is 1. The molecular weight excluding hydrogens is 434 g/mol. The van der Waals surface area contributed by atoms with Gasteiger partial charge in [0.2, 0.25) is 11.8 Å². The van der Waals surface area contributed by atoms with Gasteiger partial charge in [0.1, 0.15) is 5.82 Å². The summed E-state index contributed by atoms with van der Waals surface area (Å²) in [5.41, 5.74) is 0.330. The Kier molecular flexibility index (Phi) is 7.87. The van der Waals surface area contributed by atoms with Gasteiger partial charge in [-0.3, -0.25) is 14.5 Å². The van der Waals surface area contributed by atoms with E-state index in [1.54, 1.807) is 17.0 Å². The molecule has 1 spiro atoms. The first-order valence-corrected chi connectivity index (χ1v) is 10.1. The maximum absolute atomic E-state index is 13.6. The summed E-state index contributed by atoms with van der Waals surface area (Å²) >= 11 is 0. The molecule has 2 saturated heterocycles. The van der Waals surface area contributed by atoms with Crippen LogP contribution in [0, 0.1) is 11.7 Å². The molecule has 2 amide bonds. The number of carbonyl (C=O) groups is 3. The summed E-state index contributed by atoms with van der Waals surface area (Å²) < 4.78 is 45.3. The average Bonchev–Trinajstić information content (AvgIpc) is 3.10. The molecule has 1 aromatic rings. The molecule has 1 atom stereocenters. The van der Waals surface area contributed by atoms with Gasteiger partial charge >= 0.3 is 12.1 Å². The number of rotatable bonds is 3. The van der Waals surface area contributed by atoms with Gasteiger partial charge in [-0.25, -0.2) is 9.18 Å². The lowest BCUT2D eigenvalue weighted by Gasteiger charge is -2.46. The molecule has 2 aliphatic heterocycles. The zero-order valence-corrected chi connectivity index (χ0v) is 18.2. The van der Waals surface area contributed by atoms with Crippen LogP contribution in [0.1, 0.15) is 26.7 Å². The topological polar surface area (TPSA) is 81.2 Å². The molecule has 1 N–H and O–H groups in total. The number of aliphatic carboxylic acids is 1. The Labute approximate surface area is 183 Å². The van der Waals surface area contributed by atoms with E-state index in [9.17, 15) is 27.2 Å². The first-order chi connectivity index (χ1) is 14.7. The number of hydrogen-bond acceptors (Lipinski definition) is 4. The molecule has 2 aliphatic rings. The van der Waals surface area contributed by atoms with Crippen molar-refractivity contribution in [3.63, 3.8) is 0 Å². The predicted octanol–water partition coefficient (Wildman–Crippen LogP) is 2.75. The van der Waals surface area contributed by atoms with E-state index in [1.165, 1.54) is 12.1 Å². The minimum absolute atomic E-state index is 0.0364.